The Hall–Kier alpha value is -4.07. The third-order valence-electron chi connectivity index (χ3n) is 7.00. The molecule has 164 valence electrons. The van der Waals surface area contributed by atoms with E-state index in [9.17, 15) is 19.2 Å². The number of carbonyl (C=O) groups excluding carboxylic acids is 4. The van der Waals surface area contributed by atoms with Crippen LogP contribution in [0.15, 0.2) is 77.9 Å². The number of allylic oxidation sites excluding steroid dienone is 1. The maximum atomic E-state index is 14.0. The van der Waals surface area contributed by atoms with Gasteiger partial charge < -0.3 is 0 Å². The van der Waals surface area contributed by atoms with Crippen molar-refractivity contribution in [2.45, 2.75) is 24.9 Å². The number of nitrogens with zero attached hydrogens (tertiary/aromatic N) is 4. The molecule has 4 aliphatic rings. The molecule has 4 atom stereocenters. The third-order valence-corrected chi connectivity index (χ3v) is 7.00. The molecule has 0 N–H and O–H groups in total. The Bertz CT molecular complexity index is 1270. The molecule has 4 amide bonds. The van der Waals surface area contributed by atoms with Gasteiger partial charge in [0.25, 0.3) is 5.91 Å². The van der Waals surface area contributed by atoms with Gasteiger partial charge in [0.1, 0.15) is 0 Å². The molecule has 8 nitrogen and oxygen atoms in total. The van der Waals surface area contributed by atoms with Gasteiger partial charge in [0.05, 0.1) is 41.4 Å². The van der Waals surface area contributed by atoms with E-state index in [1.54, 1.807) is 78.7 Å². The van der Waals surface area contributed by atoms with Crippen LogP contribution in [0.2, 0.25) is 0 Å². The van der Waals surface area contributed by atoms with Crippen LogP contribution in [0.1, 0.15) is 13.3 Å². The van der Waals surface area contributed by atoms with E-state index in [-0.39, 0.29) is 12.3 Å². The Morgan fingerprint density at radius 3 is 2.09 bits per heavy atom. The van der Waals surface area contributed by atoms with E-state index >= 15 is 0 Å². The maximum Gasteiger partial charge on any atom is 0.262 e. The molecule has 0 aromatic heterocycles. The quantitative estimate of drug-likeness (QED) is 0.668. The predicted octanol–water partition coefficient (Wildman–Crippen LogP) is 2.12. The van der Waals surface area contributed by atoms with Gasteiger partial charge >= 0.3 is 0 Å². The van der Waals surface area contributed by atoms with Crippen LogP contribution in [-0.2, 0) is 19.2 Å². The lowest BCUT2D eigenvalue weighted by Crippen LogP contribution is -2.57. The first-order valence-electron chi connectivity index (χ1n) is 10.8. The molecule has 0 radical (unpaired) electrons. The molecule has 0 unspecified atom stereocenters. The lowest BCUT2D eigenvalue weighted by Gasteiger charge is -2.37. The van der Waals surface area contributed by atoms with Gasteiger partial charge in [-0.15, -0.1) is 0 Å². The van der Waals surface area contributed by atoms with Crippen LogP contribution in [0.4, 0.5) is 11.4 Å². The second-order valence-electron chi connectivity index (χ2n) is 8.76. The molecule has 33 heavy (non-hydrogen) atoms. The fourth-order valence-electron chi connectivity index (χ4n) is 5.68. The summed E-state index contributed by atoms with van der Waals surface area (Å²) in [6.07, 6.45) is 3.39. The molecule has 3 fully saturated rings. The zero-order valence-electron chi connectivity index (χ0n) is 17.8. The lowest BCUT2D eigenvalue weighted by atomic mass is 9.79. The Balaban J connectivity index is 1.52. The van der Waals surface area contributed by atoms with E-state index in [1.807, 2.05) is 6.08 Å². The van der Waals surface area contributed by atoms with Crippen molar-refractivity contribution >= 4 is 40.7 Å². The first-order chi connectivity index (χ1) is 15.9. The van der Waals surface area contributed by atoms with E-state index in [0.717, 1.165) is 9.80 Å². The normalized spacial score (nSPS) is 30.4. The largest absolute Gasteiger partial charge is 0.274 e. The first-order valence-corrected chi connectivity index (χ1v) is 10.8. The van der Waals surface area contributed by atoms with Gasteiger partial charge in [-0.3, -0.25) is 24.2 Å². The van der Waals surface area contributed by atoms with Gasteiger partial charge in [-0.2, -0.15) is 5.10 Å². The highest BCUT2D eigenvalue weighted by atomic mass is 16.2. The average Bonchev–Trinajstić information content (AvgIpc) is 3.36. The average molecular weight is 440 g/mol. The van der Waals surface area contributed by atoms with E-state index in [1.165, 1.54) is 0 Å². The molecule has 4 heterocycles. The Morgan fingerprint density at radius 2 is 1.45 bits per heavy atom. The van der Waals surface area contributed by atoms with E-state index < -0.39 is 41.1 Å². The smallest absolute Gasteiger partial charge is 0.262 e. The van der Waals surface area contributed by atoms with E-state index in [4.69, 9.17) is 0 Å². The minimum atomic E-state index is -1.55. The summed E-state index contributed by atoms with van der Waals surface area (Å²) < 4.78 is 0. The highest BCUT2D eigenvalue weighted by Crippen LogP contribution is 2.55. The number of fused-ring (bicyclic) bond motifs is 5. The van der Waals surface area contributed by atoms with Gasteiger partial charge in [-0.25, -0.2) is 9.80 Å². The fourth-order valence-corrected chi connectivity index (χ4v) is 5.68. The molecule has 0 bridgehead atoms. The van der Waals surface area contributed by atoms with Crippen LogP contribution in [0, 0.1) is 11.8 Å². The maximum absolute atomic E-state index is 14.0. The van der Waals surface area contributed by atoms with Crippen LogP contribution < -0.4 is 9.80 Å². The van der Waals surface area contributed by atoms with E-state index in [2.05, 4.69) is 5.10 Å². The van der Waals surface area contributed by atoms with Crippen LogP contribution in [-0.4, -0.2) is 45.9 Å². The molecule has 4 aliphatic heterocycles. The standard InChI is InChI=1S/C25H20N4O4/c1-15-12-13-18-20-21(23(32)28(22(20)31)17-10-6-3-7-11-17)25(29(18)26-15)14-19(30)27(24(25)33)16-8-4-2-5-9-16/h2-13,18,20-21H,14H2,1H3/t18-,20+,21-,25-/m0/s1. The second-order valence-corrected chi connectivity index (χ2v) is 8.76. The van der Waals surface area contributed by atoms with Crippen molar-refractivity contribution in [2.24, 2.45) is 16.9 Å². The summed E-state index contributed by atoms with van der Waals surface area (Å²) >= 11 is 0. The Kier molecular flexibility index (Phi) is 3.99. The van der Waals surface area contributed by atoms with Crippen LogP contribution in [0.5, 0.6) is 0 Å². The molecule has 6 rings (SSSR count). The zero-order chi connectivity index (χ0) is 22.9. The molecule has 0 saturated carbocycles. The van der Waals surface area contributed by atoms with Crippen LogP contribution in [0.25, 0.3) is 0 Å². The molecular formula is C25H20N4O4. The monoisotopic (exact) mass is 440 g/mol. The molecular weight excluding hydrogens is 420 g/mol. The number of imide groups is 2. The number of hydrogen-bond acceptors (Lipinski definition) is 6. The number of anilines is 2. The predicted molar refractivity (Wildman–Crippen MR) is 120 cm³/mol. The molecule has 2 aromatic rings. The summed E-state index contributed by atoms with van der Waals surface area (Å²) in [5.74, 6) is -3.59. The number of carbonyl (C=O) groups is 4. The SMILES string of the molecule is CC1=NN2[C@@H](C=C1)[C@H]1C(=O)N(c3ccccc3)C(=O)[C@H]1[C@]21CC(=O)N(c2ccccc2)C1=O. The van der Waals surface area contributed by atoms with Gasteiger partial charge in [-0.05, 0) is 37.3 Å². The zero-order valence-corrected chi connectivity index (χ0v) is 17.8. The molecule has 2 aromatic carbocycles. The van der Waals surface area contributed by atoms with Crippen LogP contribution in [0.3, 0.4) is 0 Å². The van der Waals surface area contributed by atoms with Crippen molar-refractivity contribution in [2.75, 3.05) is 9.80 Å². The van der Waals surface area contributed by atoms with Crippen molar-refractivity contribution < 1.29 is 19.2 Å². The van der Waals surface area contributed by atoms with Crippen molar-refractivity contribution in [1.29, 1.82) is 0 Å². The topological polar surface area (TPSA) is 90.4 Å². The fraction of sp³-hybridized carbons (Fsp3) is 0.240. The van der Waals surface area contributed by atoms with Gasteiger partial charge in [0, 0.05) is 0 Å². The van der Waals surface area contributed by atoms with Gasteiger partial charge in [-0.1, -0.05) is 42.5 Å². The number of para-hydroxylation sites is 2. The summed E-state index contributed by atoms with van der Waals surface area (Å²) in [5.41, 5.74) is -0.0113. The molecule has 1 spiro atoms. The number of hydrazone groups is 1. The van der Waals surface area contributed by atoms with Crippen molar-refractivity contribution in [3.05, 3.63) is 72.8 Å². The minimum Gasteiger partial charge on any atom is -0.274 e. The summed E-state index contributed by atoms with van der Waals surface area (Å²) in [6, 6.07) is 16.8. The molecule has 3 saturated heterocycles. The van der Waals surface area contributed by atoms with Crippen LogP contribution >= 0.6 is 0 Å². The summed E-state index contributed by atoms with van der Waals surface area (Å²) in [6.45, 7) is 1.78. The summed E-state index contributed by atoms with van der Waals surface area (Å²) in [4.78, 5) is 57.0. The second kappa shape index (κ2) is 6.71. The highest BCUT2D eigenvalue weighted by Gasteiger charge is 2.75. The Labute approximate surface area is 189 Å². The lowest BCUT2D eigenvalue weighted by molar-refractivity contribution is -0.135. The number of rotatable bonds is 2. The molecule has 8 heteroatoms. The first kappa shape index (κ1) is 19.6. The van der Waals surface area contributed by atoms with Gasteiger partial charge in [0.15, 0.2) is 5.54 Å². The Morgan fingerprint density at radius 1 is 0.848 bits per heavy atom. The minimum absolute atomic E-state index is 0.218. The third kappa shape index (κ3) is 2.43. The van der Waals surface area contributed by atoms with Crippen molar-refractivity contribution in [3.8, 4) is 0 Å². The number of amides is 4. The van der Waals surface area contributed by atoms with Crippen molar-refractivity contribution in [1.82, 2.24) is 5.01 Å². The summed E-state index contributed by atoms with van der Waals surface area (Å²) in [7, 11) is 0. The number of hydrogen-bond donors (Lipinski definition) is 0. The number of benzene rings is 2. The molecule has 0 aliphatic carbocycles. The van der Waals surface area contributed by atoms with E-state index in [0.29, 0.717) is 17.1 Å². The summed E-state index contributed by atoms with van der Waals surface area (Å²) in [5, 5.41) is 6.14. The van der Waals surface area contributed by atoms with Crippen molar-refractivity contribution in [3.63, 3.8) is 0 Å². The van der Waals surface area contributed by atoms with Gasteiger partial charge in [0.2, 0.25) is 17.7 Å². The highest BCUT2D eigenvalue weighted by molar-refractivity contribution is 6.30.